The van der Waals surface area contributed by atoms with Crippen molar-refractivity contribution < 1.29 is 19.4 Å². The van der Waals surface area contributed by atoms with Crippen LogP contribution in [0.3, 0.4) is 0 Å². The Kier molecular flexibility index (Phi) is 6.24. The standard InChI is InChI=1S/C24H24O4/c1-18-10-9-15-21(16-18)24(23(26)27-2,22(25)20-13-7-4-8-14-20)28-17-19-11-5-3-6-12-19/h3-16,22,25H,17H2,1-2H3/t22-,24-/m0/s1. The highest BCUT2D eigenvalue weighted by molar-refractivity contribution is 5.82. The molecule has 0 amide bonds. The topological polar surface area (TPSA) is 55.8 Å². The van der Waals surface area contributed by atoms with E-state index in [4.69, 9.17) is 9.47 Å². The maximum Gasteiger partial charge on any atom is 0.346 e. The molecule has 1 N–H and O–H groups in total. The summed E-state index contributed by atoms with van der Waals surface area (Å²) in [6, 6.07) is 25.9. The van der Waals surface area contributed by atoms with Crippen molar-refractivity contribution in [2.24, 2.45) is 0 Å². The fourth-order valence-corrected chi connectivity index (χ4v) is 3.28. The van der Waals surface area contributed by atoms with E-state index in [1.54, 1.807) is 18.2 Å². The number of aryl methyl sites for hydroxylation is 1. The number of hydrogen-bond donors (Lipinski definition) is 1. The van der Waals surface area contributed by atoms with Crippen molar-refractivity contribution in [1.29, 1.82) is 0 Å². The molecule has 0 aliphatic heterocycles. The summed E-state index contributed by atoms with van der Waals surface area (Å²) in [4.78, 5) is 13.1. The summed E-state index contributed by atoms with van der Waals surface area (Å²) in [6.07, 6.45) is -1.24. The fourth-order valence-electron chi connectivity index (χ4n) is 3.28. The number of ether oxygens (including phenoxy) is 2. The van der Waals surface area contributed by atoms with Crippen LogP contribution in [0.5, 0.6) is 0 Å². The molecule has 28 heavy (non-hydrogen) atoms. The monoisotopic (exact) mass is 376 g/mol. The molecule has 0 spiro atoms. The minimum atomic E-state index is -1.70. The summed E-state index contributed by atoms with van der Waals surface area (Å²) < 4.78 is 11.3. The summed E-state index contributed by atoms with van der Waals surface area (Å²) in [7, 11) is 1.30. The molecule has 0 saturated carbocycles. The molecule has 144 valence electrons. The number of rotatable bonds is 7. The number of benzene rings is 3. The minimum absolute atomic E-state index is 0.147. The van der Waals surface area contributed by atoms with Gasteiger partial charge in [0.2, 0.25) is 5.60 Å². The van der Waals surface area contributed by atoms with E-state index in [1.165, 1.54) is 7.11 Å². The Morgan fingerprint density at radius 1 is 0.964 bits per heavy atom. The predicted molar refractivity (Wildman–Crippen MR) is 108 cm³/mol. The molecule has 0 aromatic heterocycles. The van der Waals surface area contributed by atoms with Crippen LogP contribution in [0.2, 0.25) is 0 Å². The lowest BCUT2D eigenvalue weighted by molar-refractivity contribution is -0.194. The van der Waals surface area contributed by atoms with Crippen molar-refractivity contribution >= 4 is 5.97 Å². The quantitative estimate of drug-likeness (QED) is 0.624. The van der Waals surface area contributed by atoms with Crippen LogP contribution < -0.4 is 0 Å². The van der Waals surface area contributed by atoms with E-state index in [2.05, 4.69) is 0 Å². The van der Waals surface area contributed by atoms with Crippen molar-refractivity contribution in [3.8, 4) is 0 Å². The Morgan fingerprint density at radius 2 is 1.61 bits per heavy atom. The molecule has 3 aromatic rings. The number of esters is 1. The molecule has 2 atom stereocenters. The molecule has 0 heterocycles. The van der Waals surface area contributed by atoms with Crippen molar-refractivity contribution in [3.63, 3.8) is 0 Å². The van der Waals surface area contributed by atoms with Crippen molar-refractivity contribution in [3.05, 3.63) is 107 Å². The highest BCUT2D eigenvalue weighted by Gasteiger charge is 2.50. The first-order chi connectivity index (χ1) is 13.6. The zero-order valence-corrected chi connectivity index (χ0v) is 16.0. The van der Waals surface area contributed by atoms with Gasteiger partial charge in [0.05, 0.1) is 13.7 Å². The molecule has 0 radical (unpaired) electrons. The van der Waals surface area contributed by atoms with Crippen molar-refractivity contribution in [1.82, 2.24) is 0 Å². The van der Waals surface area contributed by atoms with Gasteiger partial charge in [0.1, 0.15) is 6.10 Å². The number of methoxy groups -OCH3 is 1. The first-order valence-electron chi connectivity index (χ1n) is 9.14. The molecule has 0 fully saturated rings. The molecule has 0 aliphatic rings. The average Bonchev–Trinajstić information content (AvgIpc) is 2.75. The van der Waals surface area contributed by atoms with E-state index in [1.807, 2.05) is 73.7 Å². The van der Waals surface area contributed by atoms with Crippen LogP contribution in [-0.4, -0.2) is 18.2 Å². The number of carbonyl (C=O) groups is 1. The van der Waals surface area contributed by atoms with Gasteiger partial charge in [0.15, 0.2) is 0 Å². The maximum absolute atomic E-state index is 13.1. The second-order valence-electron chi connectivity index (χ2n) is 6.68. The van der Waals surface area contributed by atoms with Gasteiger partial charge >= 0.3 is 5.97 Å². The summed E-state index contributed by atoms with van der Waals surface area (Å²) in [5.41, 5.74) is 1.27. The van der Waals surface area contributed by atoms with E-state index in [0.717, 1.165) is 11.1 Å². The zero-order valence-electron chi connectivity index (χ0n) is 16.0. The Hall–Kier alpha value is -2.95. The lowest BCUT2D eigenvalue weighted by Gasteiger charge is -2.36. The molecule has 0 bridgehead atoms. The third-order valence-electron chi connectivity index (χ3n) is 4.75. The number of carbonyl (C=O) groups excluding carboxylic acids is 1. The summed E-state index contributed by atoms with van der Waals surface area (Å²) in [5, 5.41) is 11.3. The number of hydrogen-bond acceptors (Lipinski definition) is 4. The molecule has 0 unspecified atom stereocenters. The van der Waals surface area contributed by atoms with Gasteiger partial charge in [-0.3, -0.25) is 0 Å². The third kappa shape index (κ3) is 3.98. The summed E-state index contributed by atoms with van der Waals surface area (Å²) in [5.74, 6) is -0.648. The first kappa shape index (κ1) is 19.8. The highest BCUT2D eigenvalue weighted by atomic mass is 16.6. The Balaban J connectivity index is 2.12. The molecule has 0 saturated heterocycles. The van der Waals surface area contributed by atoms with Gasteiger partial charge in [0, 0.05) is 0 Å². The van der Waals surface area contributed by atoms with E-state index in [9.17, 15) is 9.90 Å². The second kappa shape index (κ2) is 8.83. The Bertz CT molecular complexity index is 908. The predicted octanol–water partition coefficient (Wildman–Crippen LogP) is 4.31. The average molecular weight is 376 g/mol. The molecule has 0 aliphatic carbocycles. The number of aliphatic hydroxyl groups excluding tert-OH is 1. The SMILES string of the molecule is COC(=O)[C@](OCc1ccccc1)(c1cccc(C)c1)[C@@H](O)c1ccccc1. The first-order valence-corrected chi connectivity index (χ1v) is 9.14. The van der Waals surface area contributed by atoms with Gasteiger partial charge in [-0.1, -0.05) is 90.5 Å². The van der Waals surface area contributed by atoms with Crippen LogP contribution in [0.25, 0.3) is 0 Å². The van der Waals surface area contributed by atoms with Crippen molar-refractivity contribution in [2.75, 3.05) is 7.11 Å². The van der Waals surface area contributed by atoms with Crippen molar-refractivity contribution in [2.45, 2.75) is 25.2 Å². The van der Waals surface area contributed by atoms with Gasteiger partial charge in [-0.2, -0.15) is 0 Å². The van der Waals surface area contributed by atoms with Crippen LogP contribution in [0.4, 0.5) is 0 Å². The van der Waals surface area contributed by atoms with Gasteiger partial charge in [-0.15, -0.1) is 0 Å². The highest BCUT2D eigenvalue weighted by Crippen LogP contribution is 2.41. The fraction of sp³-hybridized carbons (Fsp3) is 0.208. The Morgan fingerprint density at radius 3 is 2.21 bits per heavy atom. The van der Waals surface area contributed by atoms with Crippen LogP contribution in [-0.2, 0) is 26.5 Å². The summed E-state index contributed by atoms with van der Waals surface area (Å²) >= 11 is 0. The van der Waals surface area contributed by atoms with E-state index in [0.29, 0.717) is 11.1 Å². The molecule has 4 heteroatoms. The maximum atomic E-state index is 13.1. The van der Waals surface area contributed by atoms with Crippen LogP contribution in [0.15, 0.2) is 84.9 Å². The normalized spacial score (nSPS) is 14.1. The zero-order chi connectivity index (χ0) is 20.0. The minimum Gasteiger partial charge on any atom is -0.467 e. The lowest BCUT2D eigenvalue weighted by atomic mass is 9.83. The van der Waals surface area contributed by atoms with E-state index in [-0.39, 0.29) is 6.61 Å². The molecule has 3 aromatic carbocycles. The van der Waals surface area contributed by atoms with Gasteiger partial charge in [-0.25, -0.2) is 4.79 Å². The molecule has 4 nitrogen and oxygen atoms in total. The van der Waals surface area contributed by atoms with Crippen LogP contribution >= 0.6 is 0 Å². The third-order valence-corrected chi connectivity index (χ3v) is 4.75. The lowest BCUT2D eigenvalue weighted by Crippen LogP contribution is -2.45. The smallest absolute Gasteiger partial charge is 0.346 e. The van der Waals surface area contributed by atoms with Crippen LogP contribution in [0, 0.1) is 6.92 Å². The molecular weight excluding hydrogens is 352 g/mol. The van der Waals surface area contributed by atoms with Gasteiger partial charge in [-0.05, 0) is 23.6 Å². The van der Waals surface area contributed by atoms with Gasteiger partial charge < -0.3 is 14.6 Å². The largest absolute Gasteiger partial charge is 0.467 e. The number of aliphatic hydroxyl groups is 1. The van der Waals surface area contributed by atoms with Crippen LogP contribution in [0.1, 0.15) is 28.4 Å². The van der Waals surface area contributed by atoms with E-state index >= 15 is 0 Å². The Labute approximate surface area is 165 Å². The van der Waals surface area contributed by atoms with E-state index < -0.39 is 17.7 Å². The molecule has 3 rings (SSSR count). The summed E-state index contributed by atoms with van der Waals surface area (Å²) in [6.45, 7) is 2.07. The second-order valence-corrected chi connectivity index (χ2v) is 6.68. The van der Waals surface area contributed by atoms with Gasteiger partial charge in [0.25, 0.3) is 0 Å². The molecular formula is C24H24O4.